The monoisotopic (exact) mass is 348 g/mol. The highest BCUT2D eigenvalue weighted by Crippen LogP contribution is 2.34. The molecular weight excluding hydrogens is 340 g/mol. The van der Waals surface area contributed by atoms with E-state index in [0.29, 0.717) is 5.56 Å². The van der Waals surface area contributed by atoms with E-state index in [1.165, 1.54) is 24.3 Å². The summed E-state index contributed by atoms with van der Waals surface area (Å²) in [6.07, 6.45) is -4.43. The van der Waals surface area contributed by atoms with E-state index in [9.17, 15) is 17.6 Å². The molecule has 0 aromatic heterocycles. The van der Waals surface area contributed by atoms with E-state index >= 15 is 0 Å². The highest BCUT2D eigenvalue weighted by Gasteiger charge is 2.30. The Hall–Kier alpha value is -1.56. The molecule has 20 heavy (non-hydrogen) atoms. The van der Waals surface area contributed by atoms with Gasteiger partial charge in [0.1, 0.15) is 17.3 Å². The number of hydrogen-bond acceptors (Lipinski definition) is 1. The molecule has 0 unspecified atom stereocenters. The van der Waals surface area contributed by atoms with Gasteiger partial charge in [-0.25, -0.2) is 4.39 Å². The molecule has 0 bridgehead atoms. The van der Waals surface area contributed by atoms with E-state index in [4.69, 9.17) is 4.74 Å². The maximum absolute atomic E-state index is 13.3. The predicted molar refractivity (Wildman–Crippen MR) is 70.4 cm³/mol. The molecule has 0 spiro atoms. The molecule has 0 radical (unpaired) electrons. The van der Waals surface area contributed by atoms with Gasteiger partial charge in [0.05, 0.1) is 10.0 Å². The zero-order valence-corrected chi connectivity index (χ0v) is 11.8. The number of hydrogen-bond donors (Lipinski definition) is 0. The van der Waals surface area contributed by atoms with Gasteiger partial charge < -0.3 is 4.74 Å². The number of alkyl halides is 3. The zero-order valence-electron chi connectivity index (χ0n) is 10.3. The molecule has 2 aromatic rings. The highest BCUT2D eigenvalue weighted by atomic mass is 79.9. The van der Waals surface area contributed by atoms with E-state index < -0.39 is 17.6 Å². The summed E-state index contributed by atoms with van der Waals surface area (Å²) in [4.78, 5) is 0. The number of rotatable bonds is 2. The van der Waals surface area contributed by atoms with Gasteiger partial charge >= 0.3 is 6.18 Å². The average molecular weight is 349 g/mol. The molecule has 0 atom stereocenters. The molecule has 0 aliphatic carbocycles. The maximum atomic E-state index is 13.3. The third-order valence-corrected chi connectivity index (χ3v) is 3.21. The summed E-state index contributed by atoms with van der Waals surface area (Å²) in [6, 6.07) is 7.15. The highest BCUT2D eigenvalue weighted by molar-refractivity contribution is 9.10. The molecule has 0 saturated carbocycles. The molecule has 2 aromatic carbocycles. The van der Waals surface area contributed by atoms with Crippen molar-refractivity contribution in [3.05, 3.63) is 57.8 Å². The molecule has 2 rings (SSSR count). The average Bonchev–Trinajstić information content (AvgIpc) is 2.35. The number of ether oxygens (including phenoxy) is 1. The number of aryl methyl sites for hydroxylation is 1. The van der Waals surface area contributed by atoms with Crippen molar-refractivity contribution in [3.8, 4) is 11.5 Å². The van der Waals surface area contributed by atoms with Crippen LogP contribution in [-0.4, -0.2) is 0 Å². The normalized spacial score (nSPS) is 11.5. The Balaban J connectivity index is 2.33. The summed E-state index contributed by atoms with van der Waals surface area (Å²) in [6.45, 7) is 1.61. The maximum Gasteiger partial charge on any atom is 0.416 e. The van der Waals surface area contributed by atoms with Crippen LogP contribution in [0.3, 0.4) is 0 Å². The first-order chi connectivity index (χ1) is 9.27. The molecule has 0 aliphatic heterocycles. The quantitative estimate of drug-likeness (QED) is 0.631. The molecule has 0 heterocycles. The van der Waals surface area contributed by atoms with E-state index in [1.54, 1.807) is 6.92 Å². The summed E-state index contributed by atoms with van der Waals surface area (Å²) in [7, 11) is 0. The molecule has 0 aliphatic rings. The van der Waals surface area contributed by atoms with Crippen LogP contribution in [0.15, 0.2) is 40.9 Å². The summed E-state index contributed by atoms with van der Waals surface area (Å²) >= 11 is 3.00. The Bertz CT molecular complexity index is 638. The number of benzene rings is 2. The topological polar surface area (TPSA) is 9.23 Å². The second-order valence-corrected chi connectivity index (χ2v) is 5.01. The molecule has 0 fully saturated rings. The van der Waals surface area contributed by atoms with Crippen LogP contribution in [0, 0.1) is 12.7 Å². The summed E-state index contributed by atoms with van der Waals surface area (Å²) < 4.78 is 56.6. The van der Waals surface area contributed by atoms with Gasteiger partial charge in [0.2, 0.25) is 0 Å². The Morgan fingerprint density at radius 1 is 1.10 bits per heavy atom. The predicted octanol–water partition coefficient (Wildman–Crippen LogP) is 5.71. The van der Waals surface area contributed by atoms with Crippen molar-refractivity contribution in [2.45, 2.75) is 13.1 Å². The largest absolute Gasteiger partial charge is 0.457 e. The van der Waals surface area contributed by atoms with Gasteiger partial charge in [-0.1, -0.05) is 6.07 Å². The van der Waals surface area contributed by atoms with Gasteiger partial charge in [0.25, 0.3) is 0 Å². The van der Waals surface area contributed by atoms with Crippen molar-refractivity contribution in [1.82, 2.24) is 0 Å². The van der Waals surface area contributed by atoms with Gasteiger partial charge in [-0.3, -0.25) is 0 Å². The van der Waals surface area contributed by atoms with Crippen molar-refractivity contribution in [2.24, 2.45) is 0 Å². The van der Waals surface area contributed by atoms with Gasteiger partial charge in [0, 0.05) is 0 Å². The lowest BCUT2D eigenvalue weighted by atomic mass is 10.2. The van der Waals surface area contributed by atoms with Crippen LogP contribution < -0.4 is 4.74 Å². The SMILES string of the molecule is Cc1cc(F)c(Br)cc1Oc1cccc(C(F)(F)F)c1. The second-order valence-electron chi connectivity index (χ2n) is 4.16. The number of halogens is 5. The van der Waals surface area contributed by atoms with Gasteiger partial charge in [-0.05, 0) is 58.7 Å². The molecule has 1 nitrogen and oxygen atoms in total. The fourth-order valence-corrected chi connectivity index (χ4v) is 1.92. The van der Waals surface area contributed by atoms with Crippen molar-refractivity contribution >= 4 is 15.9 Å². The zero-order chi connectivity index (χ0) is 14.9. The van der Waals surface area contributed by atoms with Gasteiger partial charge in [-0.15, -0.1) is 0 Å². The standard InChI is InChI=1S/C14H9BrF4O/c1-8-5-12(16)11(15)7-13(8)20-10-4-2-3-9(6-10)14(17,18)19/h2-7H,1H3. The van der Waals surface area contributed by atoms with Crippen LogP contribution in [0.1, 0.15) is 11.1 Å². The Morgan fingerprint density at radius 2 is 1.80 bits per heavy atom. The van der Waals surface area contributed by atoms with E-state index in [2.05, 4.69) is 15.9 Å². The fraction of sp³-hybridized carbons (Fsp3) is 0.143. The van der Waals surface area contributed by atoms with Crippen LogP contribution in [0.4, 0.5) is 17.6 Å². The van der Waals surface area contributed by atoms with E-state index in [1.807, 2.05) is 0 Å². The van der Waals surface area contributed by atoms with Crippen LogP contribution in [0.25, 0.3) is 0 Å². The van der Waals surface area contributed by atoms with Crippen LogP contribution in [0.5, 0.6) is 11.5 Å². The summed E-state index contributed by atoms with van der Waals surface area (Å²) in [5.41, 5.74) is -0.308. The molecule has 106 valence electrons. The Kier molecular flexibility index (Phi) is 4.04. The third-order valence-electron chi connectivity index (χ3n) is 2.61. The van der Waals surface area contributed by atoms with E-state index in [0.717, 1.165) is 12.1 Å². The minimum atomic E-state index is -4.43. The molecular formula is C14H9BrF4O. The van der Waals surface area contributed by atoms with Crippen LogP contribution >= 0.6 is 15.9 Å². The Labute approximate surface area is 121 Å². The minimum Gasteiger partial charge on any atom is -0.457 e. The van der Waals surface area contributed by atoms with Crippen molar-refractivity contribution in [2.75, 3.05) is 0 Å². The second kappa shape index (κ2) is 5.44. The van der Waals surface area contributed by atoms with Crippen molar-refractivity contribution in [3.63, 3.8) is 0 Å². The first kappa shape index (κ1) is 14.8. The first-order valence-corrected chi connectivity index (χ1v) is 6.37. The molecule has 0 amide bonds. The first-order valence-electron chi connectivity index (χ1n) is 5.58. The fourth-order valence-electron chi connectivity index (χ4n) is 1.60. The minimum absolute atomic E-state index is 0.0430. The van der Waals surface area contributed by atoms with E-state index in [-0.39, 0.29) is 16.0 Å². The smallest absolute Gasteiger partial charge is 0.416 e. The lowest BCUT2D eigenvalue weighted by Crippen LogP contribution is -2.04. The van der Waals surface area contributed by atoms with Crippen LogP contribution in [-0.2, 0) is 6.18 Å². The molecule has 0 N–H and O–H groups in total. The van der Waals surface area contributed by atoms with Gasteiger partial charge in [-0.2, -0.15) is 13.2 Å². The molecule has 6 heteroatoms. The van der Waals surface area contributed by atoms with Gasteiger partial charge in [0.15, 0.2) is 0 Å². The van der Waals surface area contributed by atoms with Crippen molar-refractivity contribution < 1.29 is 22.3 Å². The lowest BCUT2D eigenvalue weighted by molar-refractivity contribution is -0.137. The summed E-state index contributed by atoms with van der Waals surface area (Å²) in [5, 5.41) is 0. The third kappa shape index (κ3) is 3.30. The molecule has 0 saturated heterocycles. The summed E-state index contributed by atoms with van der Waals surface area (Å²) in [5.74, 6) is -0.127. The lowest BCUT2D eigenvalue weighted by Gasteiger charge is -2.12. The van der Waals surface area contributed by atoms with Crippen molar-refractivity contribution in [1.29, 1.82) is 0 Å². The Morgan fingerprint density at radius 3 is 2.45 bits per heavy atom. The van der Waals surface area contributed by atoms with Crippen LogP contribution in [0.2, 0.25) is 0 Å².